The topological polar surface area (TPSA) is 59.3 Å². The van der Waals surface area contributed by atoms with E-state index in [2.05, 4.69) is 52.8 Å². The average molecular weight is 439 g/mol. The molecule has 7 heteroatoms. The molecule has 1 atom stereocenters. The molecule has 0 aliphatic carbocycles. The van der Waals surface area contributed by atoms with Crippen LogP contribution in [0.4, 0.5) is 5.69 Å². The molecule has 1 unspecified atom stereocenters. The zero-order chi connectivity index (χ0) is 21.6. The van der Waals surface area contributed by atoms with E-state index < -0.39 is 0 Å². The van der Waals surface area contributed by atoms with Gasteiger partial charge in [0.05, 0.1) is 10.8 Å². The molecule has 2 aromatic carbocycles. The van der Waals surface area contributed by atoms with Gasteiger partial charge in [-0.15, -0.1) is 10.2 Å². The lowest BCUT2D eigenvalue weighted by molar-refractivity contribution is -0.115. The summed E-state index contributed by atoms with van der Waals surface area (Å²) in [6.07, 6.45) is 0. The summed E-state index contributed by atoms with van der Waals surface area (Å²) >= 11 is 7.57. The first-order valence-corrected chi connectivity index (χ1v) is 11.0. The molecule has 30 heavy (non-hydrogen) atoms. The van der Waals surface area contributed by atoms with E-state index in [1.165, 1.54) is 22.7 Å². The summed E-state index contributed by atoms with van der Waals surface area (Å²) in [7, 11) is 0. The van der Waals surface area contributed by atoms with E-state index in [-0.39, 0.29) is 11.2 Å². The first-order valence-electron chi connectivity index (χ1n) is 9.74. The van der Waals surface area contributed by atoms with Crippen LogP contribution in [0.15, 0.2) is 41.6 Å². The van der Waals surface area contributed by atoms with Crippen LogP contribution in [0.3, 0.4) is 0 Å². The summed E-state index contributed by atoms with van der Waals surface area (Å²) in [5.74, 6) is -0.105. The van der Waals surface area contributed by atoms with Crippen molar-refractivity contribution in [3.05, 3.63) is 63.7 Å². The quantitative estimate of drug-likeness (QED) is 0.403. The molecule has 0 aliphatic heterocycles. The molecule has 2 heterocycles. The number of nitrogens with zero attached hydrogens (tertiary/aromatic N) is 3. The van der Waals surface area contributed by atoms with E-state index >= 15 is 0 Å². The number of fused-ring (bicyclic) bond motifs is 3. The fourth-order valence-corrected chi connectivity index (χ4v) is 4.71. The number of aryl methyl sites for hydroxylation is 3. The number of anilines is 1. The third-order valence-corrected chi connectivity index (χ3v) is 6.73. The summed E-state index contributed by atoms with van der Waals surface area (Å²) in [6.45, 7) is 10.0. The Morgan fingerprint density at radius 2 is 1.87 bits per heavy atom. The maximum atomic E-state index is 12.8. The SMILES string of the molecule is Cc1cc(C)c2c(c1)c(C)cc1nnc(SC(C)C(=O)Nc3cccc(Cl)c3C)n12. The van der Waals surface area contributed by atoms with Gasteiger partial charge >= 0.3 is 0 Å². The van der Waals surface area contributed by atoms with Crippen molar-refractivity contribution in [2.45, 2.75) is 45.0 Å². The lowest BCUT2D eigenvalue weighted by atomic mass is 10.0. The Kier molecular flexibility index (Phi) is 5.47. The van der Waals surface area contributed by atoms with Gasteiger partial charge in [-0.1, -0.05) is 41.1 Å². The second-order valence-corrected chi connectivity index (χ2v) is 9.36. The van der Waals surface area contributed by atoms with Crippen LogP contribution >= 0.6 is 23.4 Å². The van der Waals surface area contributed by atoms with Gasteiger partial charge in [0.2, 0.25) is 5.91 Å². The fraction of sp³-hybridized carbons (Fsp3) is 0.261. The zero-order valence-electron chi connectivity index (χ0n) is 17.6. The van der Waals surface area contributed by atoms with Crippen molar-refractivity contribution in [1.29, 1.82) is 0 Å². The molecule has 4 rings (SSSR count). The van der Waals surface area contributed by atoms with Crippen LogP contribution < -0.4 is 5.32 Å². The molecule has 0 bridgehead atoms. The standard InChI is InChI=1S/C23H23ClN4OS/c1-12-9-14(3)21-17(10-12)13(2)11-20-26-27-23(28(20)21)30-16(5)22(29)25-19-8-6-7-18(24)15(19)4/h6-11,16H,1-5H3,(H,25,29). The van der Waals surface area contributed by atoms with Crippen molar-refractivity contribution in [3.8, 4) is 0 Å². The highest BCUT2D eigenvalue weighted by molar-refractivity contribution is 8.00. The third-order valence-electron chi connectivity index (χ3n) is 5.27. The van der Waals surface area contributed by atoms with Gasteiger partial charge in [-0.05, 0) is 75.6 Å². The van der Waals surface area contributed by atoms with Gasteiger partial charge in [-0.2, -0.15) is 0 Å². The van der Waals surface area contributed by atoms with E-state index in [1.807, 2.05) is 38.1 Å². The smallest absolute Gasteiger partial charge is 0.237 e. The van der Waals surface area contributed by atoms with Gasteiger partial charge in [0, 0.05) is 16.1 Å². The van der Waals surface area contributed by atoms with Crippen LogP contribution in [0, 0.1) is 27.7 Å². The van der Waals surface area contributed by atoms with Gasteiger partial charge in [0.15, 0.2) is 10.8 Å². The van der Waals surface area contributed by atoms with E-state index in [0.29, 0.717) is 10.2 Å². The molecule has 0 spiro atoms. The first-order chi connectivity index (χ1) is 14.3. The number of carbonyl (C=O) groups excluding carboxylic acids is 1. The molecule has 0 radical (unpaired) electrons. The summed E-state index contributed by atoms with van der Waals surface area (Å²) in [5, 5.41) is 13.9. The highest BCUT2D eigenvalue weighted by atomic mass is 35.5. The van der Waals surface area contributed by atoms with Gasteiger partial charge in [0.25, 0.3) is 0 Å². The third kappa shape index (κ3) is 3.66. The molecule has 2 aromatic heterocycles. The van der Waals surface area contributed by atoms with Crippen LogP contribution in [0.25, 0.3) is 16.6 Å². The number of amides is 1. The van der Waals surface area contributed by atoms with Crippen LogP contribution in [-0.4, -0.2) is 25.8 Å². The predicted molar refractivity (Wildman–Crippen MR) is 125 cm³/mol. The molecule has 154 valence electrons. The number of hydrogen-bond acceptors (Lipinski definition) is 4. The Balaban J connectivity index is 1.69. The number of halogens is 1. The van der Waals surface area contributed by atoms with Crippen LogP contribution in [0.1, 0.15) is 29.2 Å². The minimum absolute atomic E-state index is 0.105. The van der Waals surface area contributed by atoms with E-state index in [4.69, 9.17) is 11.6 Å². The Labute approximate surface area is 184 Å². The van der Waals surface area contributed by atoms with E-state index in [0.717, 1.165) is 33.5 Å². The highest BCUT2D eigenvalue weighted by Gasteiger charge is 2.21. The van der Waals surface area contributed by atoms with Gasteiger partial charge < -0.3 is 5.32 Å². The van der Waals surface area contributed by atoms with Crippen LogP contribution in [0.2, 0.25) is 5.02 Å². The van der Waals surface area contributed by atoms with Crippen molar-refractivity contribution in [2.75, 3.05) is 5.32 Å². The molecule has 4 aromatic rings. The normalized spacial score (nSPS) is 12.5. The largest absolute Gasteiger partial charge is 0.325 e. The fourth-order valence-electron chi connectivity index (χ4n) is 3.68. The monoisotopic (exact) mass is 438 g/mol. The second kappa shape index (κ2) is 7.93. The molecule has 1 N–H and O–H groups in total. The van der Waals surface area contributed by atoms with Crippen molar-refractivity contribution in [3.63, 3.8) is 0 Å². The number of aromatic nitrogens is 3. The summed E-state index contributed by atoms with van der Waals surface area (Å²) in [6, 6.07) is 11.9. The number of carbonyl (C=O) groups is 1. The zero-order valence-corrected chi connectivity index (χ0v) is 19.1. The Bertz CT molecular complexity index is 1300. The highest BCUT2D eigenvalue weighted by Crippen LogP contribution is 2.31. The van der Waals surface area contributed by atoms with Crippen molar-refractivity contribution < 1.29 is 4.79 Å². The minimum atomic E-state index is -0.363. The average Bonchev–Trinajstić information content (AvgIpc) is 3.07. The van der Waals surface area contributed by atoms with Crippen molar-refractivity contribution >= 4 is 51.5 Å². The first kappa shape index (κ1) is 20.7. The van der Waals surface area contributed by atoms with Gasteiger partial charge in [-0.25, -0.2) is 0 Å². The van der Waals surface area contributed by atoms with E-state index in [9.17, 15) is 4.79 Å². The number of nitrogens with one attached hydrogen (secondary N) is 1. The van der Waals surface area contributed by atoms with Gasteiger partial charge in [0.1, 0.15) is 0 Å². The molecule has 1 amide bonds. The maximum Gasteiger partial charge on any atom is 0.237 e. The molecule has 5 nitrogen and oxygen atoms in total. The molecule has 0 fully saturated rings. The predicted octanol–water partition coefficient (Wildman–Crippen LogP) is 5.89. The Morgan fingerprint density at radius 1 is 1.10 bits per heavy atom. The number of hydrogen-bond donors (Lipinski definition) is 1. The summed E-state index contributed by atoms with van der Waals surface area (Å²) < 4.78 is 2.05. The molecule has 0 saturated carbocycles. The van der Waals surface area contributed by atoms with Gasteiger partial charge in [-0.3, -0.25) is 9.20 Å². The number of pyridine rings is 1. The van der Waals surface area contributed by atoms with Crippen LogP contribution in [-0.2, 0) is 4.79 Å². The lowest BCUT2D eigenvalue weighted by Crippen LogP contribution is -2.23. The second-order valence-electron chi connectivity index (χ2n) is 7.64. The molecular weight excluding hydrogens is 416 g/mol. The summed E-state index contributed by atoms with van der Waals surface area (Å²) in [4.78, 5) is 12.8. The van der Waals surface area contributed by atoms with Crippen molar-refractivity contribution in [2.24, 2.45) is 0 Å². The number of benzene rings is 2. The Morgan fingerprint density at radius 3 is 2.63 bits per heavy atom. The maximum absolute atomic E-state index is 12.8. The van der Waals surface area contributed by atoms with Crippen molar-refractivity contribution in [1.82, 2.24) is 14.6 Å². The summed E-state index contributed by atoms with van der Waals surface area (Å²) in [5.41, 5.74) is 6.98. The minimum Gasteiger partial charge on any atom is -0.325 e. The van der Waals surface area contributed by atoms with E-state index in [1.54, 1.807) is 0 Å². The molecule has 0 saturated heterocycles. The lowest BCUT2D eigenvalue weighted by Gasteiger charge is -2.15. The number of thioether (sulfide) groups is 1. The van der Waals surface area contributed by atoms with Crippen LogP contribution in [0.5, 0.6) is 0 Å². The molecule has 0 aliphatic rings. The number of rotatable bonds is 4. The molecular formula is C23H23ClN4OS. The Hall–Kier alpha value is -2.57.